The largest absolute Gasteiger partial charge is 0.456 e. The lowest BCUT2D eigenvalue weighted by Crippen LogP contribution is -2.01. The van der Waals surface area contributed by atoms with Crippen molar-refractivity contribution < 1.29 is 4.42 Å². The third-order valence-electron chi connectivity index (χ3n) is 9.91. The Balaban J connectivity index is 1.24. The molecule has 0 fully saturated rings. The molecular weight excluding hydrogens is 631 g/mol. The van der Waals surface area contributed by atoms with Crippen LogP contribution in [0.5, 0.6) is 0 Å². The number of rotatable bonds is 3. The number of hydrogen-bond acceptors (Lipinski definition) is 5. The van der Waals surface area contributed by atoms with Crippen LogP contribution in [0.15, 0.2) is 156 Å². The SMILES string of the molecule is c1ccc2c(c1)ccc1c(-c3nc(-c4ccc5c(c4)sc4ccccc45)nc(-c4cccc5oc6ccccc6c45)n3)cc3ccccc3c12. The lowest BCUT2D eigenvalue weighted by molar-refractivity contribution is 0.669. The van der Waals surface area contributed by atoms with Crippen molar-refractivity contribution in [2.45, 2.75) is 0 Å². The second-order valence-corrected chi connectivity index (χ2v) is 13.8. The Bertz CT molecular complexity index is 3160. The van der Waals surface area contributed by atoms with Gasteiger partial charge in [-0.1, -0.05) is 121 Å². The summed E-state index contributed by atoms with van der Waals surface area (Å²) in [6.45, 7) is 0. The second kappa shape index (κ2) is 10.5. The highest BCUT2D eigenvalue weighted by Gasteiger charge is 2.20. The van der Waals surface area contributed by atoms with Crippen molar-refractivity contribution in [3.8, 4) is 34.2 Å². The molecular formula is C45H25N3OS. The molecule has 0 atom stereocenters. The number of fused-ring (bicyclic) bond motifs is 11. The molecule has 11 rings (SSSR count). The van der Waals surface area contributed by atoms with E-state index in [1.54, 1.807) is 11.3 Å². The van der Waals surface area contributed by atoms with Crippen LogP contribution in [0, 0.1) is 0 Å². The maximum Gasteiger partial charge on any atom is 0.164 e. The first-order valence-electron chi connectivity index (χ1n) is 16.7. The molecule has 4 nitrogen and oxygen atoms in total. The standard InChI is InChI=1S/C45H25N3OS/c1-3-12-29-26(10-1)20-23-33-36(24-27-11-2-4-13-30(27)41(29)33)45-47-43(28-21-22-32-31-14-6-8-19-39(31)50-40(32)25-28)46-44(48-45)35-16-9-18-38-42(35)34-15-5-7-17-37(34)49-38/h1-25H. The first-order chi connectivity index (χ1) is 24.8. The Morgan fingerprint density at radius 1 is 0.380 bits per heavy atom. The number of nitrogens with zero attached hydrogens (tertiary/aromatic N) is 3. The Kier molecular flexibility index (Phi) is 5.80. The summed E-state index contributed by atoms with van der Waals surface area (Å²) in [5.41, 5.74) is 4.49. The molecule has 3 heterocycles. The number of benzene rings is 8. The highest BCUT2D eigenvalue weighted by molar-refractivity contribution is 7.25. The number of aromatic nitrogens is 3. The predicted molar refractivity (Wildman–Crippen MR) is 209 cm³/mol. The van der Waals surface area contributed by atoms with Gasteiger partial charge in [-0.25, -0.2) is 15.0 Å². The van der Waals surface area contributed by atoms with Crippen molar-refractivity contribution in [2.24, 2.45) is 0 Å². The molecule has 3 aromatic heterocycles. The first-order valence-corrected chi connectivity index (χ1v) is 17.5. The van der Waals surface area contributed by atoms with Crippen LogP contribution in [0.3, 0.4) is 0 Å². The van der Waals surface area contributed by atoms with Crippen LogP contribution in [0.25, 0.3) is 109 Å². The maximum atomic E-state index is 6.30. The van der Waals surface area contributed by atoms with E-state index >= 15 is 0 Å². The molecule has 0 N–H and O–H groups in total. The van der Waals surface area contributed by atoms with Crippen LogP contribution >= 0.6 is 11.3 Å². The van der Waals surface area contributed by atoms with Crippen molar-refractivity contribution in [1.82, 2.24) is 15.0 Å². The van der Waals surface area contributed by atoms with E-state index in [4.69, 9.17) is 19.4 Å². The summed E-state index contributed by atoms with van der Waals surface area (Å²) in [5.74, 6) is 1.88. The molecule has 0 amide bonds. The van der Waals surface area contributed by atoms with Gasteiger partial charge in [0.2, 0.25) is 0 Å². The van der Waals surface area contributed by atoms with Gasteiger partial charge in [-0.05, 0) is 62.6 Å². The summed E-state index contributed by atoms with van der Waals surface area (Å²) in [7, 11) is 0. The van der Waals surface area contributed by atoms with E-state index in [1.165, 1.54) is 41.7 Å². The lowest BCUT2D eigenvalue weighted by atomic mass is 9.92. The Hall–Kier alpha value is -6.43. The average Bonchev–Trinajstić information content (AvgIpc) is 3.75. The van der Waals surface area contributed by atoms with Gasteiger partial charge < -0.3 is 4.42 Å². The summed E-state index contributed by atoms with van der Waals surface area (Å²) in [5, 5.41) is 11.6. The minimum absolute atomic E-state index is 0.612. The molecule has 0 aliphatic rings. The molecule has 11 aromatic rings. The van der Waals surface area contributed by atoms with Gasteiger partial charge in [0.1, 0.15) is 11.2 Å². The highest BCUT2D eigenvalue weighted by Crippen LogP contribution is 2.41. The summed E-state index contributed by atoms with van der Waals surface area (Å²) >= 11 is 1.80. The second-order valence-electron chi connectivity index (χ2n) is 12.7. The van der Waals surface area contributed by atoms with Crippen molar-refractivity contribution in [1.29, 1.82) is 0 Å². The zero-order valence-corrected chi connectivity index (χ0v) is 27.4. The van der Waals surface area contributed by atoms with Crippen LogP contribution in [0.1, 0.15) is 0 Å². The molecule has 0 radical (unpaired) electrons. The monoisotopic (exact) mass is 655 g/mol. The predicted octanol–water partition coefficient (Wildman–Crippen LogP) is 12.6. The molecule has 0 spiro atoms. The Labute approximate surface area is 289 Å². The molecule has 0 saturated heterocycles. The van der Waals surface area contributed by atoms with E-state index in [0.29, 0.717) is 17.5 Å². The molecule has 0 saturated carbocycles. The fourth-order valence-electron chi connectivity index (χ4n) is 7.63. The Morgan fingerprint density at radius 3 is 1.90 bits per heavy atom. The van der Waals surface area contributed by atoms with Crippen LogP contribution in [0.4, 0.5) is 0 Å². The minimum Gasteiger partial charge on any atom is -0.456 e. The van der Waals surface area contributed by atoms with Crippen LogP contribution in [-0.4, -0.2) is 15.0 Å². The van der Waals surface area contributed by atoms with Gasteiger partial charge in [0.15, 0.2) is 17.5 Å². The van der Waals surface area contributed by atoms with Crippen LogP contribution in [0.2, 0.25) is 0 Å². The number of para-hydroxylation sites is 1. The maximum absolute atomic E-state index is 6.30. The van der Waals surface area contributed by atoms with Crippen LogP contribution < -0.4 is 0 Å². The van der Waals surface area contributed by atoms with Crippen LogP contribution in [-0.2, 0) is 0 Å². The van der Waals surface area contributed by atoms with Crippen molar-refractivity contribution in [3.63, 3.8) is 0 Å². The van der Waals surface area contributed by atoms with Gasteiger partial charge in [0, 0.05) is 47.6 Å². The van der Waals surface area contributed by atoms with E-state index in [-0.39, 0.29) is 0 Å². The quantitative estimate of drug-likeness (QED) is 0.178. The van der Waals surface area contributed by atoms with Crippen molar-refractivity contribution in [3.05, 3.63) is 152 Å². The molecule has 0 unspecified atom stereocenters. The van der Waals surface area contributed by atoms with Crippen molar-refractivity contribution in [2.75, 3.05) is 0 Å². The Morgan fingerprint density at radius 2 is 1.02 bits per heavy atom. The van der Waals surface area contributed by atoms with Gasteiger partial charge in [0.25, 0.3) is 0 Å². The average molecular weight is 656 g/mol. The van der Waals surface area contributed by atoms with E-state index < -0.39 is 0 Å². The molecule has 0 aliphatic carbocycles. The fraction of sp³-hybridized carbons (Fsp3) is 0. The van der Waals surface area contributed by atoms with Gasteiger partial charge in [-0.3, -0.25) is 0 Å². The van der Waals surface area contributed by atoms with E-state index in [2.05, 4.69) is 121 Å². The van der Waals surface area contributed by atoms with Gasteiger partial charge in [-0.2, -0.15) is 0 Å². The summed E-state index contributed by atoms with van der Waals surface area (Å²) in [4.78, 5) is 15.8. The number of hydrogen-bond donors (Lipinski definition) is 0. The summed E-state index contributed by atoms with van der Waals surface area (Å²) in [6, 6.07) is 53.3. The topological polar surface area (TPSA) is 51.8 Å². The highest BCUT2D eigenvalue weighted by atomic mass is 32.1. The molecule has 8 aromatic carbocycles. The summed E-state index contributed by atoms with van der Waals surface area (Å²) in [6.07, 6.45) is 0. The summed E-state index contributed by atoms with van der Waals surface area (Å²) < 4.78 is 8.77. The third kappa shape index (κ3) is 4.08. The van der Waals surface area contributed by atoms with Gasteiger partial charge >= 0.3 is 0 Å². The molecule has 232 valence electrons. The molecule has 5 heteroatoms. The lowest BCUT2D eigenvalue weighted by Gasteiger charge is -2.14. The van der Waals surface area contributed by atoms with E-state index in [0.717, 1.165) is 49.4 Å². The van der Waals surface area contributed by atoms with Crippen molar-refractivity contribution >= 4 is 85.8 Å². The molecule has 50 heavy (non-hydrogen) atoms. The zero-order chi connectivity index (χ0) is 32.8. The smallest absolute Gasteiger partial charge is 0.164 e. The fourth-order valence-corrected chi connectivity index (χ4v) is 8.77. The minimum atomic E-state index is 0.612. The zero-order valence-electron chi connectivity index (χ0n) is 26.6. The van der Waals surface area contributed by atoms with E-state index in [1.807, 2.05) is 30.3 Å². The molecule has 0 bridgehead atoms. The molecule has 0 aliphatic heterocycles. The van der Waals surface area contributed by atoms with Gasteiger partial charge in [0.05, 0.1) is 0 Å². The van der Waals surface area contributed by atoms with E-state index in [9.17, 15) is 0 Å². The number of thiophene rings is 1. The normalized spacial score (nSPS) is 12.0. The first kappa shape index (κ1) is 27.5. The van der Waals surface area contributed by atoms with Gasteiger partial charge in [-0.15, -0.1) is 11.3 Å². The third-order valence-corrected chi connectivity index (χ3v) is 11.0. The number of furan rings is 1.